The summed E-state index contributed by atoms with van der Waals surface area (Å²) >= 11 is 0. The van der Waals surface area contributed by atoms with Crippen molar-refractivity contribution in [3.8, 4) is 23.0 Å². The molecular formula is C24H25N5O2. The molecule has 5 rings (SSSR count). The third kappa shape index (κ3) is 3.83. The quantitative estimate of drug-likeness (QED) is 0.496. The van der Waals surface area contributed by atoms with Gasteiger partial charge in [0.05, 0.1) is 5.52 Å². The van der Waals surface area contributed by atoms with Crippen LogP contribution in [0, 0.1) is 12.8 Å². The van der Waals surface area contributed by atoms with Gasteiger partial charge in [-0.1, -0.05) is 54.0 Å². The first-order chi connectivity index (χ1) is 15.1. The van der Waals surface area contributed by atoms with Crippen LogP contribution in [0.2, 0.25) is 0 Å². The number of likely N-dealkylation sites (tertiary alicyclic amines) is 1. The van der Waals surface area contributed by atoms with Crippen molar-refractivity contribution in [2.45, 2.75) is 33.2 Å². The van der Waals surface area contributed by atoms with E-state index in [9.17, 15) is 4.79 Å². The standard InChI is InChI=1S/C24H25N5O2/c1-16-10-12-28(13-11-16)21(30)15-29-20-9-4-3-8-19(20)22(26-29)24-25-23(27-31-24)18-7-5-6-17(2)14-18/h3-9,14,16H,10-13,15H2,1-2H3. The van der Waals surface area contributed by atoms with Gasteiger partial charge in [0, 0.05) is 24.0 Å². The number of aromatic nitrogens is 4. The Balaban J connectivity index is 1.46. The molecule has 0 spiro atoms. The Morgan fingerprint density at radius 2 is 1.94 bits per heavy atom. The molecule has 3 heterocycles. The second-order valence-electron chi connectivity index (χ2n) is 8.38. The van der Waals surface area contributed by atoms with Crippen molar-refractivity contribution in [2.24, 2.45) is 5.92 Å². The van der Waals surface area contributed by atoms with E-state index in [2.05, 4.69) is 17.1 Å². The van der Waals surface area contributed by atoms with Crippen LogP contribution in [-0.2, 0) is 11.3 Å². The number of amides is 1. The lowest BCUT2D eigenvalue weighted by molar-refractivity contribution is -0.133. The maximum atomic E-state index is 12.9. The van der Waals surface area contributed by atoms with Crippen LogP contribution in [0.15, 0.2) is 53.1 Å². The second kappa shape index (κ2) is 7.98. The first-order valence-corrected chi connectivity index (χ1v) is 10.7. The third-order valence-corrected chi connectivity index (χ3v) is 5.98. The van der Waals surface area contributed by atoms with Crippen molar-refractivity contribution in [3.05, 3.63) is 54.1 Å². The number of carbonyl (C=O) groups is 1. The number of hydrogen-bond acceptors (Lipinski definition) is 5. The Morgan fingerprint density at radius 3 is 2.74 bits per heavy atom. The third-order valence-electron chi connectivity index (χ3n) is 5.98. The van der Waals surface area contributed by atoms with E-state index >= 15 is 0 Å². The molecule has 0 bridgehead atoms. The molecule has 1 fully saturated rings. The van der Waals surface area contributed by atoms with E-state index in [0.29, 0.717) is 23.3 Å². The molecule has 7 heteroatoms. The number of aryl methyl sites for hydroxylation is 1. The van der Waals surface area contributed by atoms with Crippen LogP contribution in [0.25, 0.3) is 33.9 Å². The molecule has 1 aliphatic heterocycles. The Bertz CT molecular complexity index is 1230. The molecule has 1 amide bonds. The summed E-state index contributed by atoms with van der Waals surface area (Å²) in [6, 6.07) is 15.8. The van der Waals surface area contributed by atoms with Crippen LogP contribution in [0.5, 0.6) is 0 Å². The van der Waals surface area contributed by atoms with Crippen molar-refractivity contribution < 1.29 is 9.32 Å². The SMILES string of the molecule is Cc1cccc(-c2noc(-c3nn(CC(=O)N4CCC(C)CC4)c4ccccc34)n2)c1. The van der Waals surface area contributed by atoms with Crippen molar-refractivity contribution in [2.75, 3.05) is 13.1 Å². The smallest absolute Gasteiger partial charge is 0.279 e. The minimum absolute atomic E-state index is 0.0951. The molecule has 0 unspecified atom stereocenters. The van der Waals surface area contributed by atoms with Crippen LogP contribution in [0.3, 0.4) is 0 Å². The Hall–Kier alpha value is -3.48. The molecule has 0 aliphatic carbocycles. The fourth-order valence-electron chi connectivity index (χ4n) is 4.11. The summed E-state index contributed by atoms with van der Waals surface area (Å²) in [6.07, 6.45) is 2.11. The lowest BCUT2D eigenvalue weighted by atomic mass is 9.99. The van der Waals surface area contributed by atoms with Crippen LogP contribution < -0.4 is 0 Å². The monoisotopic (exact) mass is 415 g/mol. The van der Waals surface area contributed by atoms with E-state index in [1.165, 1.54) is 0 Å². The van der Waals surface area contributed by atoms with E-state index in [4.69, 9.17) is 9.62 Å². The number of para-hydroxylation sites is 1. The number of fused-ring (bicyclic) bond motifs is 1. The van der Waals surface area contributed by atoms with Gasteiger partial charge in [0.2, 0.25) is 11.7 Å². The number of rotatable bonds is 4. The number of benzene rings is 2. The molecule has 0 radical (unpaired) electrons. The maximum absolute atomic E-state index is 12.9. The first-order valence-electron chi connectivity index (χ1n) is 10.7. The topological polar surface area (TPSA) is 77.0 Å². The summed E-state index contributed by atoms with van der Waals surface area (Å²) < 4.78 is 7.32. The molecule has 0 saturated carbocycles. The van der Waals surface area contributed by atoms with E-state index < -0.39 is 0 Å². The van der Waals surface area contributed by atoms with Crippen LogP contribution in [-0.4, -0.2) is 43.8 Å². The lowest BCUT2D eigenvalue weighted by Crippen LogP contribution is -2.39. The molecule has 158 valence electrons. The highest BCUT2D eigenvalue weighted by atomic mass is 16.5. The molecule has 7 nitrogen and oxygen atoms in total. The molecule has 2 aromatic heterocycles. The summed E-state index contributed by atoms with van der Waals surface area (Å²) in [5, 5.41) is 9.75. The van der Waals surface area contributed by atoms with E-state index in [0.717, 1.165) is 48.0 Å². The van der Waals surface area contributed by atoms with Crippen LogP contribution in [0.1, 0.15) is 25.3 Å². The maximum Gasteiger partial charge on any atom is 0.279 e. The number of carbonyl (C=O) groups excluding carboxylic acids is 1. The number of nitrogens with zero attached hydrogens (tertiary/aromatic N) is 5. The van der Waals surface area contributed by atoms with Crippen molar-refractivity contribution >= 4 is 16.8 Å². The summed E-state index contributed by atoms with van der Waals surface area (Å²) in [5.74, 6) is 1.65. The summed E-state index contributed by atoms with van der Waals surface area (Å²) in [4.78, 5) is 19.4. The van der Waals surface area contributed by atoms with Gasteiger partial charge in [-0.25, -0.2) is 0 Å². The van der Waals surface area contributed by atoms with Crippen LogP contribution >= 0.6 is 0 Å². The lowest BCUT2D eigenvalue weighted by Gasteiger charge is -2.30. The summed E-state index contributed by atoms with van der Waals surface area (Å²) in [5.41, 5.74) is 3.51. The van der Waals surface area contributed by atoms with Gasteiger partial charge in [0.25, 0.3) is 5.89 Å². The fourth-order valence-corrected chi connectivity index (χ4v) is 4.11. The van der Waals surface area contributed by atoms with E-state index in [1.807, 2.05) is 60.4 Å². The zero-order valence-electron chi connectivity index (χ0n) is 17.8. The Morgan fingerprint density at radius 1 is 1.13 bits per heavy atom. The van der Waals surface area contributed by atoms with Gasteiger partial charge >= 0.3 is 0 Å². The molecule has 2 aromatic carbocycles. The highest BCUT2D eigenvalue weighted by molar-refractivity contribution is 5.92. The molecule has 31 heavy (non-hydrogen) atoms. The average molecular weight is 415 g/mol. The Labute approximate surface area is 180 Å². The predicted molar refractivity (Wildman–Crippen MR) is 118 cm³/mol. The zero-order chi connectivity index (χ0) is 21.4. The van der Waals surface area contributed by atoms with Crippen LogP contribution in [0.4, 0.5) is 0 Å². The second-order valence-corrected chi connectivity index (χ2v) is 8.38. The molecule has 1 saturated heterocycles. The van der Waals surface area contributed by atoms with Crippen molar-refractivity contribution in [1.82, 2.24) is 24.8 Å². The molecule has 0 atom stereocenters. The fraction of sp³-hybridized carbons (Fsp3) is 0.333. The highest BCUT2D eigenvalue weighted by Gasteiger charge is 2.23. The highest BCUT2D eigenvalue weighted by Crippen LogP contribution is 2.29. The number of hydrogen-bond donors (Lipinski definition) is 0. The summed E-state index contributed by atoms with van der Waals surface area (Å²) in [6.45, 7) is 6.10. The van der Waals surface area contributed by atoms with Gasteiger partial charge in [-0.2, -0.15) is 10.1 Å². The minimum Gasteiger partial charge on any atom is -0.341 e. The van der Waals surface area contributed by atoms with Crippen molar-refractivity contribution in [1.29, 1.82) is 0 Å². The molecule has 1 aliphatic rings. The van der Waals surface area contributed by atoms with E-state index in [-0.39, 0.29) is 12.5 Å². The number of piperidine rings is 1. The molecule has 4 aromatic rings. The van der Waals surface area contributed by atoms with Gasteiger partial charge in [-0.15, -0.1) is 0 Å². The minimum atomic E-state index is 0.0951. The summed E-state index contributed by atoms with van der Waals surface area (Å²) in [7, 11) is 0. The zero-order valence-corrected chi connectivity index (χ0v) is 17.8. The normalized spacial score (nSPS) is 15.0. The van der Waals surface area contributed by atoms with Gasteiger partial charge in [-0.05, 0) is 37.8 Å². The first kappa shape index (κ1) is 19.5. The van der Waals surface area contributed by atoms with Gasteiger partial charge in [0.1, 0.15) is 6.54 Å². The van der Waals surface area contributed by atoms with Gasteiger partial charge in [0.15, 0.2) is 5.69 Å². The Kier molecular flexibility index (Phi) is 5.02. The van der Waals surface area contributed by atoms with Crippen molar-refractivity contribution in [3.63, 3.8) is 0 Å². The molecular weight excluding hydrogens is 390 g/mol. The van der Waals surface area contributed by atoms with E-state index in [1.54, 1.807) is 4.68 Å². The molecule has 0 N–H and O–H groups in total. The largest absolute Gasteiger partial charge is 0.341 e. The van der Waals surface area contributed by atoms with Gasteiger partial charge in [-0.3, -0.25) is 9.48 Å². The average Bonchev–Trinajstić information content (AvgIpc) is 3.40. The van der Waals surface area contributed by atoms with Gasteiger partial charge < -0.3 is 9.42 Å². The predicted octanol–water partition coefficient (Wildman–Crippen LogP) is 4.32.